The molecule has 0 unspecified atom stereocenters. The van der Waals surface area contributed by atoms with E-state index in [-0.39, 0.29) is 5.96 Å². The monoisotopic (exact) mass is 329 g/mol. The lowest BCUT2D eigenvalue weighted by atomic mass is 10.1. The van der Waals surface area contributed by atoms with Crippen molar-refractivity contribution >= 4 is 33.7 Å². The molecule has 25 heavy (non-hydrogen) atoms. The standard InChI is InChI=1S/C19H15N5O/c20-19(21)23-18(25)14-11-24(16-8-4-2-5-12(14)16)17-9-10-22-15-7-3-1-6-13(15)17/h1-11H,(H4,20,21,23,25). The molecule has 0 fully saturated rings. The largest absolute Gasteiger partial charge is 0.370 e. The Morgan fingerprint density at radius 2 is 1.76 bits per heavy atom. The van der Waals surface area contributed by atoms with Gasteiger partial charge in [0.25, 0.3) is 5.91 Å². The van der Waals surface area contributed by atoms with Crippen LogP contribution in [0.4, 0.5) is 0 Å². The summed E-state index contributed by atoms with van der Waals surface area (Å²) in [4.78, 5) is 16.8. The van der Waals surface area contributed by atoms with Gasteiger partial charge >= 0.3 is 0 Å². The second kappa shape index (κ2) is 5.76. The Labute approximate surface area is 143 Å². The number of pyridine rings is 1. The first-order valence-corrected chi connectivity index (χ1v) is 7.75. The van der Waals surface area contributed by atoms with Gasteiger partial charge in [-0.15, -0.1) is 0 Å². The van der Waals surface area contributed by atoms with E-state index < -0.39 is 5.91 Å². The quantitative estimate of drug-likeness (QED) is 0.390. The number of nitrogens with one attached hydrogen (secondary N) is 2. The molecular formula is C19H15N5O. The van der Waals surface area contributed by atoms with Crippen LogP contribution in [0.2, 0.25) is 0 Å². The van der Waals surface area contributed by atoms with Crippen molar-refractivity contribution in [3.8, 4) is 5.69 Å². The van der Waals surface area contributed by atoms with E-state index in [0.29, 0.717) is 5.56 Å². The summed E-state index contributed by atoms with van der Waals surface area (Å²) in [5.74, 6) is -0.781. The maximum atomic E-state index is 12.4. The van der Waals surface area contributed by atoms with E-state index >= 15 is 0 Å². The minimum Gasteiger partial charge on any atom is -0.370 e. The fraction of sp³-hybridized carbons (Fsp3) is 0. The SMILES string of the molecule is N=C(N)NC(=O)c1cn(-c2ccnc3ccccc23)c2ccccc12. The lowest BCUT2D eigenvalue weighted by Gasteiger charge is -2.08. The number of hydrogen-bond acceptors (Lipinski definition) is 3. The predicted molar refractivity (Wildman–Crippen MR) is 98.0 cm³/mol. The molecule has 0 spiro atoms. The molecule has 2 aromatic heterocycles. The predicted octanol–water partition coefficient (Wildman–Crippen LogP) is 2.80. The van der Waals surface area contributed by atoms with Gasteiger partial charge in [0.2, 0.25) is 0 Å². The molecule has 4 N–H and O–H groups in total. The molecule has 1 amide bonds. The number of benzene rings is 2. The lowest BCUT2D eigenvalue weighted by molar-refractivity contribution is 0.0978. The number of aromatic nitrogens is 2. The number of rotatable bonds is 2. The van der Waals surface area contributed by atoms with Crippen molar-refractivity contribution in [2.24, 2.45) is 5.73 Å². The number of amides is 1. The van der Waals surface area contributed by atoms with Crippen molar-refractivity contribution in [2.75, 3.05) is 0 Å². The van der Waals surface area contributed by atoms with Gasteiger partial charge < -0.3 is 10.3 Å². The minimum absolute atomic E-state index is 0.379. The number of para-hydroxylation sites is 2. The van der Waals surface area contributed by atoms with Crippen LogP contribution in [0.15, 0.2) is 67.0 Å². The molecule has 0 bridgehead atoms. The molecule has 6 nitrogen and oxygen atoms in total. The topological polar surface area (TPSA) is 96.8 Å². The van der Waals surface area contributed by atoms with Crippen LogP contribution < -0.4 is 11.1 Å². The van der Waals surface area contributed by atoms with Crippen LogP contribution in [-0.4, -0.2) is 21.4 Å². The van der Waals surface area contributed by atoms with Crippen LogP contribution in [0.3, 0.4) is 0 Å². The van der Waals surface area contributed by atoms with Gasteiger partial charge in [0.05, 0.1) is 22.3 Å². The third kappa shape index (κ3) is 2.49. The van der Waals surface area contributed by atoms with E-state index in [1.165, 1.54) is 0 Å². The van der Waals surface area contributed by atoms with Gasteiger partial charge in [-0.05, 0) is 18.2 Å². The van der Waals surface area contributed by atoms with Crippen molar-refractivity contribution < 1.29 is 4.79 Å². The fourth-order valence-electron chi connectivity index (χ4n) is 3.04. The fourth-order valence-corrected chi connectivity index (χ4v) is 3.04. The molecule has 0 saturated heterocycles. The molecule has 6 heteroatoms. The Morgan fingerprint density at radius 1 is 1.04 bits per heavy atom. The highest BCUT2D eigenvalue weighted by atomic mass is 16.1. The number of hydrogen-bond donors (Lipinski definition) is 3. The summed E-state index contributed by atoms with van der Waals surface area (Å²) in [7, 11) is 0. The van der Waals surface area contributed by atoms with Crippen LogP contribution in [0.5, 0.6) is 0 Å². The molecule has 0 aliphatic heterocycles. The van der Waals surface area contributed by atoms with Crippen molar-refractivity contribution in [3.63, 3.8) is 0 Å². The first kappa shape index (κ1) is 14.9. The summed E-state index contributed by atoms with van der Waals surface area (Å²) in [5.41, 5.74) is 8.48. The molecule has 0 aliphatic carbocycles. The lowest BCUT2D eigenvalue weighted by Crippen LogP contribution is -2.35. The van der Waals surface area contributed by atoms with Crippen LogP contribution in [0.25, 0.3) is 27.5 Å². The summed E-state index contributed by atoms with van der Waals surface area (Å²) < 4.78 is 1.97. The first-order chi connectivity index (χ1) is 12.1. The van der Waals surface area contributed by atoms with Crippen LogP contribution in [0, 0.1) is 5.41 Å². The molecule has 2 heterocycles. The third-order valence-electron chi connectivity index (χ3n) is 4.09. The van der Waals surface area contributed by atoms with E-state index in [1.807, 2.05) is 59.2 Å². The number of carbonyl (C=O) groups excluding carboxylic acids is 1. The summed E-state index contributed by atoms with van der Waals surface area (Å²) in [6, 6.07) is 17.4. The summed E-state index contributed by atoms with van der Waals surface area (Å²) >= 11 is 0. The molecule has 4 aromatic rings. The second-order valence-electron chi connectivity index (χ2n) is 5.64. The van der Waals surface area contributed by atoms with Gasteiger partial charge in [-0.2, -0.15) is 0 Å². The van der Waals surface area contributed by atoms with Crippen LogP contribution in [0.1, 0.15) is 10.4 Å². The minimum atomic E-state index is -0.402. The number of nitrogens with zero attached hydrogens (tertiary/aromatic N) is 2. The van der Waals surface area contributed by atoms with Gasteiger partial charge in [-0.25, -0.2) is 0 Å². The highest BCUT2D eigenvalue weighted by Gasteiger charge is 2.17. The van der Waals surface area contributed by atoms with Gasteiger partial charge in [-0.1, -0.05) is 36.4 Å². The second-order valence-corrected chi connectivity index (χ2v) is 5.64. The molecular weight excluding hydrogens is 314 g/mol. The zero-order valence-electron chi connectivity index (χ0n) is 13.2. The zero-order chi connectivity index (χ0) is 17.4. The Kier molecular flexibility index (Phi) is 3.43. The molecule has 4 rings (SSSR count). The summed E-state index contributed by atoms with van der Waals surface area (Å²) in [6.07, 6.45) is 3.52. The highest BCUT2D eigenvalue weighted by Crippen LogP contribution is 2.28. The van der Waals surface area contributed by atoms with Crippen LogP contribution in [-0.2, 0) is 0 Å². The van der Waals surface area contributed by atoms with Gasteiger partial charge in [0.15, 0.2) is 5.96 Å². The van der Waals surface area contributed by atoms with Gasteiger partial charge in [-0.3, -0.25) is 20.5 Å². The van der Waals surface area contributed by atoms with E-state index in [9.17, 15) is 4.79 Å². The van der Waals surface area contributed by atoms with E-state index in [4.69, 9.17) is 11.1 Å². The summed E-state index contributed by atoms with van der Waals surface area (Å²) in [5, 5.41) is 11.4. The average molecular weight is 329 g/mol. The van der Waals surface area contributed by atoms with Crippen LogP contribution >= 0.6 is 0 Å². The van der Waals surface area contributed by atoms with Crippen molar-refractivity contribution in [1.29, 1.82) is 5.41 Å². The molecule has 0 saturated carbocycles. The van der Waals surface area contributed by atoms with E-state index in [0.717, 1.165) is 27.5 Å². The van der Waals surface area contributed by atoms with E-state index in [1.54, 1.807) is 12.4 Å². The Bertz CT molecular complexity index is 1120. The molecule has 2 aromatic carbocycles. The first-order valence-electron chi connectivity index (χ1n) is 7.75. The number of nitrogens with two attached hydrogens (primary N) is 1. The Morgan fingerprint density at radius 3 is 2.56 bits per heavy atom. The highest BCUT2D eigenvalue weighted by molar-refractivity contribution is 6.12. The normalized spacial score (nSPS) is 10.9. The van der Waals surface area contributed by atoms with Crippen molar-refractivity contribution in [1.82, 2.24) is 14.9 Å². The molecule has 0 aliphatic rings. The van der Waals surface area contributed by atoms with Gasteiger partial charge in [0, 0.05) is 23.2 Å². The Hall–Kier alpha value is -3.67. The maximum Gasteiger partial charge on any atom is 0.260 e. The summed E-state index contributed by atoms with van der Waals surface area (Å²) in [6.45, 7) is 0. The maximum absolute atomic E-state index is 12.4. The smallest absolute Gasteiger partial charge is 0.260 e. The van der Waals surface area contributed by atoms with Crippen molar-refractivity contribution in [3.05, 3.63) is 72.6 Å². The van der Waals surface area contributed by atoms with Gasteiger partial charge in [0.1, 0.15) is 0 Å². The number of guanidine groups is 1. The molecule has 0 atom stereocenters. The number of fused-ring (bicyclic) bond motifs is 2. The van der Waals surface area contributed by atoms with Crippen molar-refractivity contribution in [2.45, 2.75) is 0 Å². The third-order valence-corrected chi connectivity index (χ3v) is 4.09. The zero-order valence-corrected chi connectivity index (χ0v) is 13.2. The number of carbonyl (C=O) groups is 1. The average Bonchev–Trinajstić information content (AvgIpc) is 3.00. The Balaban J connectivity index is 1.99. The molecule has 0 radical (unpaired) electrons. The molecule has 122 valence electrons. The van der Waals surface area contributed by atoms with E-state index in [2.05, 4.69) is 10.3 Å².